The van der Waals surface area contributed by atoms with Crippen molar-refractivity contribution in [2.45, 2.75) is 38.7 Å². The lowest BCUT2D eigenvalue weighted by atomic mass is 10.1. The van der Waals surface area contributed by atoms with Crippen LogP contribution in [0.5, 0.6) is 0 Å². The Kier molecular flexibility index (Phi) is 5.68. The van der Waals surface area contributed by atoms with E-state index in [1.54, 1.807) is 13.8 Å². The fourth-order valence-electron chi connectivity index (χ4n) is 1.33. The van der Waals surface area contributed by atoms with Crippen LogP contribution in [0.3, 0.4) is 0 Å². The zero-order chi connectivity index (χ0) is 10.3. The molecule has 13 heavy (non-hydrogen) atoms. The minimum Gasteiger partial charge on any atom is -0.389 e. The molecule has 0 saturated carbocycles. The summed E-state index contributed by atoms with van der Waals surface area (Å²) in [5.74, 6) is 0. The van der Waals surface area contributed by atoms with Crippen molar-refractivity contribution in [2.75, 3.05) is 20.1 Å². The molecule has 0 bridgehead atoms. The van der Waals surface area contributed by atoms with Gasteiger partial charge in [0.25, 0.3) is 0 Å². The summed E-state index contributed by atoms with van der Waals surface area (Å²) in [6.45, 7) is 5.24. The molecule has 0 rings (SSSR count). The first-order valence-electron chi connectivity index (χ1n) is 4.73. The van der Waals surface area contributed by atoms with Crippen LogP contribution in [-0.2, 0) is 0 Å². The summed E-state index contributed by atoms with van der Waals surface area (Å²) in [6.07, 6.45) is 2.61. The van der Waals surface area contributed by atoms with Gasteiger partial charge in [-0.1, -0.05) is 0 Å². The van der Waals surface area contributed by atoms with Crippen molar-refractivity contribution in [1.29, 1.82) is 5.26 Å². The SMILES string of the molecule is CN(CCCCC#N)CC(C)(C)O. The van der Waals surface area contributed by atoms with E-state index in [-0.39, 0.29) is 0 Å². The quantitative estimate of drug-likeness (QED) is 0.634. The van der Waals surface area contributed by atoms with Gasteiger partial charge in [0.1, 0.15) is 0 Å². The highest BCUT2D eigenvalue weighted by molar-refractivity contribution is 4.71. The first-order valence-corrected chi connectivity index (χ1v) is 4.73. The second-order valence-electron chi connectivity index (χ2n) is 4.17. The summed E-state index contributed by atoms with van der Waals surface area (Å²) in [5.41, 5.74) is -0.621. The molecule has 0 aliphatic rings. The molecule has 0 spiro atoms. The van der Waals surface area contributed by atoms with E-state index >= 15 is 0 Å². The van der Waals surface area contributed by atoms with Crippen LogP contribution in [0.2, 0.25) is 0 Å². The van der Waals surface area contributed by atoms with Crippen LogP contribution < -0.4 is 0 Å². The number of rotatable bonds is 6. The molecule has 0 aromatic carbocycles. The minimum absolute atomic E-state index is 0.621. The normalized spacial score (nSPS) is 11.7. The molecule has 76 valence electrons. The van der Waals surface area contributed by atoms with E-state index in [0.717, 1.165) is 19.4 Å². The van der Waals surface area contributed by atoms with E-state index in [9.17, 15) is 5.11 Å². The highest BCUT2D eigenvalue weighted by Gasteiger charge is 2.14. The molecule has 0 aliphatic carbocycles. The number of hydrogen-bond donors (Lipinski definition) is 1. The largest absolute Gasteiger partial charge is 0.389 e. The number of likely N-dealkylation sites (N-methyl/N-ethyl adjacent to an activating group) is 1. The van der Waals surface area contributed by atoms with Gasteiger partial charge in [0.15, 0.2) is 0 Å². The summed E-state index contributed by atoms with van der Waals surface area (Å²) >= 11 is 0. The standard InChI is InChI=1S/C10H20N2O/c1-10(2,13)9-12(3)8-6-4-5-7-11/h13H,4-6,8-9H2,1-3H3. The molecule has 0 saturated heterocycles. The molecule has 0 radical (unpaired) electrons. The Bertz CT molecular complexity index is 167. The molecule has 1 N–H and O–H groups in total. The number of aliphatic hydroxyl groups is 1. The average molecular weight is 184 g/mol. The van der Waals surface area contributed by atoms with Crippen molar-refractivity contribution < 1.29 is 5.11 Å². The molecule has 0 amide bonds. The van der Waals surface area contributed by atoms with Gasteiger partial charge in [-0.25, -0.2) is 0 Å². The second kappa shape index (κ2) is 5.95. The number of hydrogen-bond acceptors (Lipinski definition) is 3. The Hall–Kier alpha value is -0.590. The first kappa shape index (κ1) is 12.4. The molecule has 0 aromatic heterocycles. The van der Waals surface area contributed by atoms with E-state index in [1.807, 2.05) is 7.05 Å². The molecule has 0 heterocycles. The summed E-state index contributed by atoms with van der Waals surface area (Å²) in [7, 11) is 1.99. The summed E-state index contributed by atoms with van der Waals surface area (Å²) in [5, 5.41) is 17.8. The van der Waals surface area contributed by atoms with E-state index in [2.05, 4.69) is 11.0 Å². The van der Waals surface area contributed by atoms with Gasteiger partial charge in [0.05, 0.1) is 11.7 Å². The van der Waals surface area contributed by atoms with Crippen LogP contribution in [0.15, 0.2) is 0 Å². The van der Waals surface area contributed by atoms with Crippen LogP contribution in [-0.4, -0.2) is 35.7 Å². The lowest BCUT2D eigenvalue weighted by Crippen LogP contribution is -2.36. The Morgan fingerprint density at radius 1 is 1.38 bits per heavy atom. The van der Waals surface area contributed by atoms with Crippen molar-refractivity contribution in [3.8, 4) is 6.07 Å². The summed E-state index contributed by atoms with van der Waals surface area (Å²) in [6, 6.07) is 2.12. The molecule has 3 heteroatoms. The number of nitriles is 1. The van der Waals surface area contributed by atoms with Crippen molar-refractivity contribution in [3.05, 3.63) is 0 Å². The van der Waals surface area contributed by atoms with Gasteiger partial charge in [-0.15, -0.1) is 0 Å². The monoisotopic (exact) mass is 184 g/mol. The Morgan fingerprint density at radius 2 is 2.00 bits per heavy atom. The van der Waals surface area contributed by atoms with Gasteiger partial charge in [-0.05, 0) is 40.3 Å². The smallest absolute Gasteiger partial charge is 0.0718 e. The van der Waals surface area contributed by atoms with Crippen LogP contribution in [0.25, 0.3) is 0 Å². The van der Waals surface area contributed by atoms with Gasteiger partial charge in [0.2, 0.25) is 0 Å². The highest BCUT2D eigenvalue weighted by Crippen LogP contribution is 2.04. The zero-order valence-electron chi connectivity index (χ0n) is 8.88. The fourth-order valence-corrected chi connectivity index (χ4v) is 1.33. The molecule has 3 nitrogen and oxygen atoms in total. The summed E-state index contributed by atoms with van der Waals surface area (Å²) < 4.78 is 0. The van der Waals surface area contributed by atoms with E-state index in [0.29, 0.717) is 13.0 Å². The highest BCUT2D eigenvalue weighted by atomic mass is 16.3. The van der Waals surface area contributed by atoms with Gasteiger partial charge in [-0.3, -0.25) is 0 Å². The van der Waals surface area contributed by atoms with Crippen molar-refractivity contribution in [1.82, 2.24) is 4.90 Å². The topological polar surface area (TPSA) is 47.3 Å². The van der Waals surface area contributed by atoms with Gasteiger partial charge >= 0.3 is 0 Å². The molecule has 0 aliphatic heterocycles. The molecular formula is C10H20N2O. The zero-order valence-corrected chi connectivity index (χ0v) is 8.88. The van der Waals surface area contributed by atoms with E-state index in [1.165, 1.54) is 0 Å². The number of unbranched alkanes of at least 4 members (excludes halogenated alkanes) is 2. The van der Waals surface area contributed by atoms with Crippen LogP contribution in [0, 0.1) is 11.3 Å². The van der Waals surface area contributed by atoms with Crippen molar-refractivity contribution >= 4 is 0 Å². The Balaban J connectivity index is 3.42. The first-order chi connectivity index (χ1) is 5.95. The predicted molar refractivity (Wildman–Crippen MR) is 53.3 cm³/mol. The Labute approximate surface area is 81.0 Å². The van der Waals surface area contributed by atoms with Crippen LogP contribution in [0.1, 0.15) is 33.1 Å². The van der Waals surface area contributed by atoms with Crippen molar-refractivity contribution in [3.63, 3.8) is 0 Å². The van der Waals surface area contributed by atoms with Gasteiger partial charge < -0.3 is 10.0 Å². The third-order valence-corrected chi connectivity index (χ3v) is 1.74. The lowest BCUT2D eigenvalue weighted by Gasteiger charge is -2.25. The van der Waals surface area contributed by atoms with Gasteiger partial charge in [-0.2, -0.15) is 5.26 Å². The third-order valence-electron chi connectivity index (χ3n) is 1.74. The third kappa shape index (κ3) is 9.32. The molecule has 0 unspecified atom stereocenters. The maximum Gasteiger partial charge on any atom is 0.0718 e. The number of nitrogens with zero attached hydrogens (tertiary/aromatic N) is 2. The molecule has 0 atom stereocenters. The molecular weight excluding hydrogens is 164 g/mol. The lowest BCUT2D eigenvalue weighted by molar-refractivity contribution is 0.0442. The predicted octanol–water partition coefficient (Wildman–Crippen LogP) is 1.38. The van der Waals surface area contributed by atoms with Crippen LogP contribution in [0.4, 0.5) is 0 Å². The summed E-state index contributed by atoms with van der Waals surface area (Å²) in [4.78, 5) is 2.09. The minimum atomic E-state index is -0.621. The molecule has 0 fully saturated rings. The average Bonchev–Trinajstić information content (AvgIpc) is 1.94. The van der Waals surface area contributed by atoms with E-state index in [4.69, 9.17) is 5.26 Å². The maximum atomic E-state index is 9.50. The maximum absolute atomic E-state index is 9.50. The second-order valence-corrected chi connectivity index (χ2v) is 4.17. The fraction of sp³-hybridized carbons (Fsp3) is 0.900. The van der Waals surface area contributed by atoms with Crippen molar-refractivity contribution in [2.24, 2.45) is 0 Å². The van der Waals surface area contributed by atoms with Gasteiger partial charge in [0, 0.05) is 13.0 Å². The Morgan fingerprint density at radius 3 is 2.46 bits per heavy atom. The molecule has 0 aromatic rings. The van der Waals surface area contributed by atoms with E-state index < -0.39 is 5.60 Å². The van der Waals surface area contributed by atoms with Crippen LogP contribution >= 0.6 is 0 Å².